The van der Waals surface area contributed by atoms with Crippen LogP contribution < -0.4 is 0 Å². The van der Waals surface area contributed by atoms with Crippen LogP contribution in [0.1, 0.15) is 46.8 Å². The molecule has 0 unspecified atom stereocenters. The lowest BCUT2D eigenvalue weighted by Crippen LogP contribution is -2.06. The van der Waals surface area contributed by atoms with Gasteiger partial charge in [0.2, 0.25) is 11.8 Å². The van der Waals surface area contributed by atoms with Crippen molar-refractivity contribution in [3.05, 3.63) is 107 Å². The highest BCUT2D eigenvalue weighted by Crippen LogP contribution is 2.27. The van der Waals surface area contributed by atoms with E-state index in [0.717, 1.165) is 51.8 Å². The summed E-state index contributed by atoms with van der Waals surface area (Å²) >= 11 is 0. The number of hydrogen-bond donors (Lipinski definition) is 0. The molecule has 6 rings (SSSR count). The van der Waals surface area contributed by atoms with Gasteiger partial charge in [0.25, 0.3) is 0 Å². The molecule has 0 aliphatic heterocycles. The molecule has 0 spiro atoms. The highest BCUT2D eigenvalue weighted by Gasteiger charge is 2.13. The van der Waals surface area contributed by atoms with Gasteiger partial charge < -0.3 is 13.6 Å². The minimum atomic E-state index is -0.341. The van der Waals surface area contributed by atoms with Crippen LogP contribution in [0.5, 0.6) is 0 Å². The standard InChI is InChI=1S/C34H28N2O4/c1-3-4-19-38-34(37)27-16-18-31-29(21-27)36-33(40-31)26-14-10-24(11-15-26)7-6-23-8-12-25(13-9-23)32-35-28-20-22(2)5-17-30(28)39-32/h5-18,20-21H,3-4,19H2,1-2H3. The number of nitrogens with zero attached hydrogens (tertiary/aromatic N) is 2. The number of rotatable bonds is 8. The van der Waals surface area contributed by atoms with Crippen LogP contribution in [0.4, 0.5) is 0 Å². The van der Waals surface area contributed by atoms with Gasteiger partial charge in [-0.3, -0.25) is 0 Å². The fourth-order valence-electron chi connectivity index (χ4n) is 4.40. The molecule has 2 heterocycles. The molecule has 0 saturated heterocycles. The predicted molar refractivity (Wildman–Crippen MR) is 158 cm³/mol. The molecular weight excluding hydrogens is 500 g/mol. The van der Waals surface area contributed by atoms with Gasteiger partial charge in [-0.2, -0.15) is 0 Å². The maximum Gasteiger partial charge on any atom is 0.338 e. The average Bonchev–Trinajstić information content (AvgIpc) is 3.60. The monoisotopic (exact) mass is 528 g/mol. The van der Waals surface area contributed by atoms with Gasteiger partial charge in [0, 0.05) is 11.1 Å². The molecule has 0 aliphatic carbocycles. The number of benzene rings is 4. The molecule has 2 aromatic heterocycles. The Labute approximate surface area is 231 Å². The van der Waals surface area contributed by atoms with E-state index in [-0.39, 0.29) is 5.97 Å². The number of esters is 1. The summed E-state index contributed by atoms with van der Waals surface area (Å²) in [4.78, 5) is 21.5. The van der Waals surface area contributed by atoms with Crippen molar-refractivity contribution < 1.29 is 18.4 Å². The number of carbonyl (C=O) groups is 1. The molecular formula is C34H28N2O4. The number of oxazole rings is 2. The molecule has 0 N–H and O–H groups in total. The third-order valence-corrected chi connectivity index (χ3v) is 6.68. The summed E-state index contributed by atoms with van der Waals surface area (Å²) in [5, 5.41) is 0. The number of aryl methyl sites for hydroxylation is 1. The Hall–Kier alpha value is -4.97. The quantitative estimate of drug-likeness (QED) is 0.112. The third-order valence-electron chi connectivity index (χ3n) is 6.68. The molecule has 0 saturated carbocycles. The first-order valence-electron chi connectivity index (χ1n) is 13.4. The van der Waals surface area contributed by atoms with Gasteiger partial charge in [0.15, 0.2) is 11.2 Å². The first-order valence-corrected chi connectivity index (χ1v) is 13.4. The second kappa shape index (κ2) is 11.0. The van der Waals surface area contributed by atoms with Crippen LogP contribution in [0.2, 0.25) is 0 Å². The van der Waals surface area contributed by atoms with Gasteiger partial charge in [-0.1, -0.05) is 55.8 Å². The van der Waals surface area contributed by atoms with Crippen LogP contribution in [0.25, 0.3) is 57.3 Å². The molecule has 0 atom stereocenters. The zero-order valence-corrected chi connectivity index (χ0v) is 22.4. The molecule has 0 aliphatic rings. The average molecular weight is 529 g/mol. The van der Waals surface area contributed by atoms with Crippen LogP contribution in [0, 0.1) is 6.92 Å². The number of hydrogen-bond acceptors (Lipinski definition) is 6. The Kier molecular flexibility index (Phi) is 6.98. The van der Waals surface area contributed by atoms with E-state index in [4.69, 9.17) is 13.6 Å². The van der Waals surface area contributed by atoms with Gasteiger partial charge in [0.05, 0.1) is 12.2 Å². The first kappa shape index (κ1) is 25.3. The van der Waals surface area contributed by atoms with E-state index in [1.807, 2.05) is 73.7 Å². The van der Waals surface area contributed by atoms with E-state index in [1.54, 1.807) is 18.2 Å². The number of unbranched alkanes of at least 4 members (excludes halogenated alkanes) is 1. The predicted octanol–water partition coefficient (Wildman–Crippen LogP) is 8.74. The topological polar surface area (TPSA) is 78.4 Å². The van der Waals surface area contributed by atoms with Crippen molar-refractivity contribution in [2.45, 2.75) is 26.7 Å². The summed E-state index contributed by atoms with van der Waals surface area (Å²) in [5.74, 6) is 0.785. The molecule has 6 aromatic rings. The number of ether oxygens (including phenoxy) is 1. The van der Waals surface area contributed by atoms with Crippen molar-refractivity contribution in [3.63, 3.8) is 0 Å². The van der Waals surface area contributed by atoms with Gasteiger partial charge >= 0.3 is 5.97 Å². The highest BCUT2D eigenvalue weighted by atomic mass is 16.5. The zero-order chi connectivity index (χ0) is 27.5. The lowest BCUT2D eigenvalue weighted by molar-refractivity contribution is 0.0500. The van der Waals surface area contributed by atoms with Crippen molar-refractivity contribution in [2.24, 2.45) is 0 Å². The van der Waals surface area contributed by atoms with Gasteiger partial charge in [-0.25, -0.2) is 14.8 Å². The normalized spacial score (nSPS) is 11.6. The number of carbonyl (C=O) groups excluding carboxylic acids is 1. The number of fused-ring (bicyclic) bond motifs is 2. The molecule has 6 nitrogen and oxygen atoms in total. The van der Waals surface area contributed by atoms with E-state index in [1.165, 1.54) is 0 Å². The zero-order valence-electron chi connectivity index (χ0n) is 22.4. The summed E-state index contributed by atoms with van der Waals surface area (Å²) in [6.07, 6.45) is 5.95. The molecule has 4 aromatic carbocycles. The van der Waals surface area contributed by atoms with Gasteiger partial charge in [-0.05, 0) is 84.6 Å². The van der Waals surface area contributed by atoms with E-state index < -0.39 is 0 Å². The molecule has 0 fully saturated rings. The van der Waals surface area contributed by atoms with Crippen LogP contribution in [-0.4, -0.2) is 22.5 Å². The summed E-state index contributed by atoms with van der Waals surface area (Å²) in [6, 6.07) is 27.3. The molecule has 6 heteroatoms. The van der Waals surface area contributed by atoms with Crippen LogP contribution in [0.3, 0.4) is 0 Å². The lowest BCUT2D eigenvalue weighted by Gasteiger charge is -2.03. The van der Waals surface area contributed by atoms with Crippen molar-refractivity contribution in [3.8, 4) is 22.9 Å². The molecule has 0 bridgehead atoms. The lowest BCUT2D eigenvalue weighted by atomic mass is 10.1. The van der Waals surface area contributed by atoms with E-state index >= 15 is 0 Å². The summed E-state index contributed by atoms with van der Waals surface area (Å²) in [7, 11) is 0. The fourth-order valence-corrected chi connectivity index (χ4v) is 4.40. The molecule has 0 radical (unpaired) electrons. The SMILES string of the molecule is CCCCOC(=O)c1ccc2oc(-c3ccc(C=Cc4ccc(-c5nc6cc(C)ccc6o5)cc4)cc3)nc2c1. The second-order valence-corrected chi connectivity index (χ2v) is 9.76. The maximum absolute atomic E-state index is 12.3. The Bertz CT molecular complexity index is 1830. The van der Waals surface area contributed by atoms with E-state index in [0.29, 0.717) is 35.1 Å². The maximum atomic E-state index is 12.3. The minimum Gasteiger partial charge on any atom is -0.462 e. The highest BCUT2D eigenvalue weighted by molar-refractivity contribution is 5.93. The Morgan fingerprint density at radius 3 is 1.88 bits per heavy atom. The van der Waals surface area contributed by atoms with E-state index in [9.17, 15) is 4.79 Å². The Balaban J connectivity index is 1.13. The number of aromatic nitrogens is 2. The fraction of sp³-hybridized carbons (Fsp3) is 0.147. The smallest absolute Gasteiger partial charge is 0.338 e. The van der Waals surface area contributed by atoms with Crippen molar-refractivity contribution in [2.75, 3.05) is 6.61 Å². The molecule has 40 heavy (non-hydrogen) atoms. The van der Waals surface area contributed by atoms with Crippen molar-refractivity contribution in [1.29, 1.82) is 0 Å². The first-order chi connectivity index (χ1) is 19.6. The third kappa shape index (κ3) is 5.43. The summed E-state index contributed by atoms with van der Waals surface area (Å²) < 4.78 is 17.2. The van der Waals surface area contributed by atoms with Gasteiger partial charge in [0.1, 0.15) is 11.0 Å². The van der Waals surface area contributed by atoms with Gasteiger partial charge in [-0.15, -0.1) is 0 Å². The largest absolute Gasteiger partial charge is 0.462 e. The minimum absolute atomic E-state index is 0.341. The van der Waals surface area contributed by atoms with Crippen LogP contribution in [-0.2, 0) is 4.74 Å². The Morgan fingerprint density at radius 1 is 0.750 bits per heavy atom. The molecule has 198 valence electrons. The summed E-state index contributed by atoms with van der Waals surface area (Å²) in [5.41, 5.74) is 8.46. The van der Waals surface area contributed by atoms with Crippen molar-refractivity contribution >= 4 is 40.3 Å². The van der Waals surface area contributed by atoms with Crippen molar-refractivity contribution in [1.82, 2.24) is 9.97 Å². The Morgan fingerprint density at radius 2 is 1.30 bits per heavy atom. The molecule has 0 amide bonds. The van der Waals surface area contributed by atoms with Crippen LogP contribution in [0.15, 0.2) is 93.8 Å². The van der Waals surface area contributed by atoms with E-state index in [2.05, 4.69) is 29.0 Å². The van der Waals surface area contributed by atoms with Crippen LogP contribution >= 0.6 is 0 Å². The second-order valence-electron chi connectivity index (χ2n) is 9.76. The summed E-state index contributed by atoms with van der Waals surface area (Å²) in [6.45, 7) is 4.52.